The smallest absolute Gasteiger partial charge is 0.238 e. The summed E-state index contributed by atoms with van der Waals surface area (Å²) in [5.41, 5.74) is 9.45. The molecule has 0 heterocycles. The van der Waals surface area contributed by atoms with Crippen LogP contribution in [0, 0.1) is 6.92 Å². The molecule has 0 fully saturated rings. The Morgan fingerprint density at radius 1 is 1.14 bits per heavy atom. The lowest BCUT2D eigenvalue weighted by Gasteiger charge is -2.21. The number of hydrogen-bond acceptors (Lipinski definition) is 4. The minimum Gasteiger partial charge on any atom is -0.397 e. The summed E-state index contributed by atoms with van der Waals surface area (Å²) in [6.07, 6.45) is 0. The Labute approximate surface area is 125 Å². The molecule has 0 aliphatic rings. The number of rotatable bonds is 4. The van der Waals surface area contributed by atoms with Crippen LogP contribution in [-0.4, -0.2) is 15.5 Å². The fourth-order valence-electron chi connectivity index (χ4n) is 2.23. The lowest BCUT2D eigenvalue weighted by atomic mass is 10.1. The molecule has 0 spiro atoms. The third-order valence-electron chi connectivity index (χ3n) is 3.24. The summed E-state index contributed by atoms with van der Waals surface area (Å²) < 4.78 is 22.6. The molecule has 2 aromatic carbocycles. The normalized spacial score (nSPS) is 11.4. The Morgan fingerprint density at radius 3 is 2.43 bits per heavy atom. The summed E-state index contributed by atoms with van der Waals surface area (Å²) in [6.45, 7) is 2.72. The zero-order valence-electron chi connectivity index (χ0n) is 12.1. The number of sulfonamides is 1. The van der Waals surface area contributed by atoms with E-state index >= 15 is 0 Å². The van der Waals surface area contributed by atoms with Gasteiger partial charge in [-0.1, -0.05) is 29.8 Å². The van der Waals surface area contributed by atoms with E-state index in [-0.39, 0.29) is 4.90 Å². The second kappa shape index (κ2) is 5.75. The number of primary sulfonamides is 1. The molecular formula is C15H19N3O2S. The Kier molecular flexibility index (Phi) is 4.20. The molecule has 0 aliphatic heterocycles. The Balaban J connectivity index is 2.26. The van der Waals surface area contributed by atoms with Crippen LogP contribution in [0.25, 0.3) is 0 Å². The minimum atomic E-state index is -3.73. The van der Waals surface area contributed by atoms with Crippen molar-refractivity contribution in [2.75, 3.05) is 17.7 Å². The third-order valence-corrected chi connectivity index (χ3v) is 4.15. The summed E-state index contributed by atoms with van der Waals surface area (Å²) in [6, 6.07) is 12.7. The van der Waals surface area contributed by atoms with Gasteiger partial charge in [0, 0.05) is 13.6 Å². The fraction of sp³-hybridized carbons (Fsp3) is 0.200. The van der Waals surface area contributed by atoms with Gasteiger partial charge in [-0.05, 0) is 30.7 Å². The predicted molar refractivity (Wildman–Crippen MR) is 85.5 cm³/mol. The SMILES string of the molecule is Cc1cccc(CN(C)c2ccc(S(N)(=O)=O)cc2N)c1. The lowest BCUT2D eigenvalue weighted by Crippen LogP contribution is -2.19. The quantitative estimate of drug-likeness (QED) is 0.844. The third kappa shape index (κ3) is 3.74. The average molecular weight is 305 g/mol. The van der Waals surface area contributed by atoms with Crippen LogP contribution in [0.1, 0.15) is 11.1 Å². The van der Waals surface area contributed by atoms with Crippen LogP contribution in [0.3, 0.4) is 0 Å². The molecular weight excluding hydrogens is 286 g/mol. The van der Waals surface area contributed by atoms with Crippen LogP contribution < -0.4 is 15.8 Å². The monoisotopic (exact) mass is 305 g/mol. The molecule has 21 heavy (non-hydrogen) atoms. The maximum Gasteiger partial charge on any atom is 0.238 e. The zero-order chi connectivity index (χ0) is 15.6. The molecule has 2 rings (SSSR count). The van der Waals surface area contributed by atoms with Gasteiger partial charge in [-0.2, -0.15) is 0 Å². The van der Waals surface area contributed by atoms with Crippen LogP contribution >= 0.6 is 0 Å². The molecule has 0 aromatic heterocycles. The molecule has 0 saturated heterocycles. The van der Waals surface area contributed by atoms with Gasteiger partial charge in [0.25, 0.3) is 0 Å². The second-order valence-electron chi connectivity index (χ2n) is 5.11. The number of anilines is 2. The first-order valence-electron chi connectivity index (χ1n) is 6.46. The van der Waals surface area contributed by atoms with Crippen LogP contribution in [0.15, 0.2) is 47.4 Å². The van der Waals surface area contributed by atoms with Crippen LogP contribution in [0.2, 0.25) is 0 Å². The van der Waals surface area contributed by atoms with Crippen LogP contribution in [0.5, 0.6) is 0 Å². The molecule has 0 saturated carbocycles. The second-order valence-corrected chi connectivity index (χ2v) is 6.67. The highest BCUT2D eigenvalue weighted by atomic mass is 32.2. The first kappa shape index (κ1) is 15.3. The van der Waals surface area contributed by atoms with Gasteiger partial charge >= 0.3 is 0 Å². The molecule has 0 bridgehead atoms. The van der Waals surface area contributed by atoms with Crippen molar-refractivity contribution >= 4 is 21.4 Å². The van der Waals surface area contributed by atoms with Gasteiger partial charge in [-0.25, -0.2) is 13.6 Å². The molecule has 0 aliphatic carbocycles. The van der Waals surface area contributed by atoms with Gasteiger partial charge in [0.1, 0.15) is 0 Å². The molecule has 4 N–H and O–H groups in total. The topological polar surface area (TPSA) is 89.4 Å². The number of nitrogen functional groups attached to an aromatic ring is 1. The van der Waals surface area contributed by atoms with Crippen molar-refractivity contribution in [2.24, 2.45) is 5.14 Å². The first-order valence-corrected chi connectivity index (χ1v) is 8.01. The molecule has 6 heteroatoms. The van der Waals surface area contributed by atoms with Crippen molar-refractivity contribution in [3.63, 3.8) is 0 Å². The highest BCUT2D eigenvalue weighted by molar-refractivity contribution is 7.89. The summed E-state index contributed by atoms with van der Waals surface area (Å²) >= 11 is 0. The first-order chi connectivity index (χ1) is 9.77. The van der Waals surface area contributed by atoms with E-state index in [9.17, 15) is 8.42 Å². The maximum atomic E-state index is 11.3. The standard InChI is InChI=1S/C15H19N3O2S/c1-11-4-3-5-12(8-11)10-18(2)15-7-6-13(9-14(15)16)21(17,19)20/h3-9H,10,16H2,1-2H3,(H2,17,19,20). The number of aryl methyl sites for hydroxylation is 1. The van der Waals surface area contributed by atoms with Gasteiger partial charge < -0.3 is 10.6 Å². The van der Waals surface area contributed by atoms with Crippen LogP contribution in [0.4, 0.5) is 11.4 Å². The summed E-state index contributed by atoms with van der Waals surface area (Å²) in [5.74, 6) is 0. The maximum absolute atomic E-state index is 11.3. The van der Waals surface area contributed by atoms with E-state index in [1.54, 1.807) is 6.07 Å². The number of benzene rings is 2. The summed E-state index contributed by atoms with van der Waals surface area (Å²) in [7, 11) is -1.82. The molecule has 5 nitrogen and oxygen atoms in total. The van der Waals surface area contributed by atoms with Gasteiger partial charge in [-0.3, -0.25) is 0 Å². The molecule has 0 radical (unpaired) electrons. The number of hydrogen-bond donors (Lipinski definition) is 2. The van der Waals surface area contributed by atoms with E-state index < -0.39 is 10.0 Å². The van der Waals surface area contributed by atoms with Gasteiger partial charge in [0.2, 0.25) is 10.0 Å². The average Bonchev–Trinajstić information content (AvgIpc) is 2.37. The van der Waals surface area contributed by atoms with Crippen molar-refractivity contribution in [2.45, 2.75) is 18.4 Å². The fourth-order valence-corrected chi connectivity index (χ4v) is 2.78. The lowest BCUT2D eigenvalue weighted by molar-refractivity contribution is 0.598. The van der Waals surface area contributed by atoms with E-state index in [1.807, 2.05) is 37.1 Å². The minimum absolute atomic E-state index is 0.0210. The number of nitrogens with zero attached hydrogens (tertiary/aromatic N) is 1. The Morgan fingerprint density at radius 2 is 1.86 bits per heavy atom. The molecule has 112 valence electrons. The van der Waals surface area contributed by atoms with Crippen molar-refractivity contribution in [3.05, 3.63) is 53.6 Å². The van der Waals surface area contributed by atoms with Crippen molar-refractivity contribution in [1.29, 1.82) is 0 Å². The molecule has 0 atom stereocenters. The largest absolute Gasteiger partial charge is 0.397 e. The number of nitrogens with two attached hydrogens (primary N) is 2. The van der Waals surface area contributed by atoms with E-state index in [2.05, 4.69) is 6.07 Å². The molecule has 0 unspecified atom stereocenters. The van der Waals surface area contributed by atoms with Crippen LogP contribution in [-0.2, 0) is 16.6 Å². The van der Waals surface area contributed by atoms with E-state index in [1.165, 1.54) is 17.7 Å². The highest BCUT2D eigenvalue weighted by Crippen LogP contribution is 2.26. The summed E-state index contributed by atoms with van der Waals surface area (Å²) in [5, 5.41) is 5.10. The molecule has 0 amide bonds. The Hall–Kier alpha value is -2.05. The van der Waals surface area contributed by atoms with Gasteiger partial charge in [0.15, 0.2) is 0 Å². The van der Waals surface area contributed by atoms with Crippen molar-refractivity contribution in [1.82, 2.24) is 0 Å². The van der Waals surface area contributed by atoms with Crippen molar-refractivity contribution in [3.8, 4) is 0 Å². The van der Waals surface area contributed by atoms with Gasteiger partial charge in [-0.15, -0.1) is 0 Å². The van der Waals surface area contributed by atoms with E-state index in [0.29, 0.717) is 12.2 Å². The summed E-state index contributed by atoms with van der Waals surface area (Å²) in [4.78, 5) is 1.99. The molecule has 2 aromatic rings. The Bertz CT molecular complexity index is 757. The van der Waals surface area contributed by atoms with Crippen molar-refractivity contribution < 1.29 is 8.42 Å². The van der Waals surface area contributed by atoms with Gasteiger partial charge in [0.05, 0.1) is 16.3 Å². The zero-order valence-corrected chi connectivity index (χ0v) is 12.9. The van der Waals surface area contributed by atoms with E-state index in [0.717, 1.165) is 11.3 Å². The predicted octanol–water partition coefficient (Wildman–Crippen LogP) is 1.86. The highest BCUT2D eigenvalue weighted by Gasteiger charge is 2.12. The van der Waals surface area contributed by atoms with E-state index in [4.69, 9.17) is 10.9 Å².